The highest BCUT2D eigenvalue weighted by atomic mass is 16.4. The first-order chi connectivity index (χ1) is 10.7. The van der Waals surface area contributed by atoms with E-state index in [-0.39, 0.29) is 5.91 Å². The molecule has 0 fully saturated rings. The van der Waals surface area contributed by atoms with Crippen molar-refractivity contribution in [3.8, 4) is 0 Å². The van der Waals surface area contributed by atoms with Gasteiger partial charge in [0.1, 0.15) is 0 Å². The molecule has 4 nitrogen and oxygen atoms in total. The number of rotatable bonds is 5. The number of carboxylic acid groups (broad SMARTS) is 1. The molecule has 0 atom stereocenters. The minimum absolute atomic E-state index is 0.176. The minimum Gasteiger partial charge on any atom is -0.478 e. The average molecular weight is 313 g/mol. The molecule has 2 N–H and O–H groups in total. The molecule has 0 aliphatic rings. The SMILES string of the molecule is CC(/C=C/C=C(\C)C(=O)Nc1c(C)cc(C)cc1C)=C\C(=O)O. The Morgan fingerprint density at radius 1 is 1.09 bits per heavy atom. The van der Waals surface area contributed by atoms with Gasteiger partial charge in [0.25, 0.3) is 5.91 Å². The normalized spacial score (nSPS) is 12.6. The molecule has 122 valence electrons. The van der Waals surface area contributed by atoms with Gasteiger partial charge in [0.2, 0.25) is 0 Å². The third kappa shape index (κ3) is 5.94. The zero-order valence-electron chi connectivity index (χ0n) is 14.2. The first-order valence-corrected chi connectivity index (χ1v) is 7.36. The second-order valence-electron chi connectivity index (χ2n) is 5.66. The summed E-state index contributed by atoms with van der Waals surface area (Å²) in [7, 11) is 0. The second kappa shape index (κ2) is 8.13. The third-order valence-corrected chi connectivity index (χ3v) is 3.33. The van der Waals surface area contributed by atoms with Crippen LogP contribution in [0.1, 0.15) is 30.5 Å². The summed E-state index contributed by atoms with van der Waals surface area (Å²) in [5.74, 6) is -1.17. The topological polar surface area (TPSA) is 66.4 Å². The van der Waals surface area contributed by atoms with Gasteiger partial charge in [0.15, 0.2) is 0 Å². The molecule has 0 spiro atoms. The van der Waals surface area contributed by atoms with E-state index in [2.05, 4.69) is 5.32 Å². The van der Waals surface area contributed by atoms with Crippen molar-refractivity contribution in [2.75, 3.05) is 5.32 Å². The van der Waals surface area contributed by atoms with Gasteiger partial charge in [0, 0.05) is 17.3 Å². The molecule has 0 heterocycles. The minimum atomic E-state index is -0.990. The first kappa shape index (κ1) is 18.4. The monoisotopic (exact) mass is 313 g/mol. The fraction of sp³-hybridized carbons (Fsp3) is 0.263. The van der Waals surface area contributed by atoms with E-state index in [9.17, 15) is 9.59 Å². The van der Waals surface area contributed by atoms with E-state index in [4.69, 9.17) is 5.11 Å². The van der Waals surface area contributed by atoms with Crippen molar-refractivity contribution in [1.82, 2.24) is 0 Å². The van der Waals surface area contributed by atoms with Crippen LogP contribution in [0.4, 0.5) is 5.69 Å². The second-order valence-corrected chi connectivity index (χ2v) is 5.66. The van der Waals surface area contributed by atoms with Crippen molar-refractivity contribution in [2.45, 2.75) is 34.6 Å². The van der Waals surface area contributed by atoms with Crippen LogP contribution in [0.5, 0.6) is 0 Å². The van der Waals surface area contributed by atoms with E-state index in [1.54, 1.807) is 32.1 Å². The Balaban J connectivity index is 2.84. The average Bonchev–Trinajstić information content (AvgIpc) is 2.41. The van der Waals surface area contributed by atoms with Crippen LogP contribution in [-0.4, -0.2) is 17.0 Å². The number of aryl methyl sites for hydroxylation is 3. The Kier molecular flexibility index (Phi) is 6.51. The summed E-state index contributed by atoms with van der Waals surface area (Å²) in [6.45, 7) is 9.36. The molecule has 23 heavy (non-hydrogen) atoms. The van der Waals surface area contributed by atoms with Gasteiger partial charge in [-0.1, -0.05) is 35.9 Å². The zero-order valence-corrected chi connectivity index (χ0v) is 14.2. The molecule has 0 bridgehead atoms. The van der Waals surface area contributed by atoms with Crippen molar-refractivity contribution < 1.29 is 14.7 Å². The summed E-state index contributed by atoms with van der Waals surface area (Å²) in [6, 6.07) is 4.06. The van der Waals surface area contributed by atoms with Gasteiger partial charge in [-0.25, -0.2) is 4.79 Å². The van der Waals surface area contributed by atoms with E-state index in [0.717, 1.165) is 28.5 Å². The lowest BCUT2D eigenvalue weighted by atomic mass is 10.0. The highest BCUT2D eigenvalue weighted by molar-refractivity contribution is 6.04. The molecule has 1 aromatic carbocycles. The quantitative estimate of drug-likeness (QED) is 0.635. The first-order valence-electron chi connectivity index (χ1n) is 7.36. The predicted octanol–water partition coefficient (Wildman–Crippen LogP) is 4.08. The fourth-order valence-electron chi connectivity index (χ4n) is 2.25. The van der Waals surface area contributed by atoms with E-state index < -0.39 is 5.97 Å². The van der Waals surface area contributed by atoms with E-state index in [1.165, 1.54) is 0 Å². The molecule has 0 aliphatic heterocycles. The van der Waals surface area contributed by atoms with E-state index in [0.29, 0.717) is 11.1 Å². The summed E-state index contributed by atoms with van der Waals surface area (Å²) < 4.78 is 0. The molecule has 1 rings (SSSR count). The Morgan fingerprint density at radius 3 is 2.17 bits per heavy atom. The molecular formula is C19H23NO3. The number of hydrogen-bond acceptors (Lipinski definition) is 2. The van der Waals surface area contributed by atoms with Crippen molar-refractivity contribution in [3.05, 3.63) is 64.3 Å². The predicted molar refractivity (Wildman–Crippen MR) is 93.6 cm³/mol. The standard InChI is InChI=1S/C19H23NO3/c1-12(11-17(21)22)7-6-8-14(3)19(23)20-18-15(4)9-13(2)10-16(18)5/h6-11H,1-5H3,(H,20,23)(H,21,22)/b7-6+,12-11+,14-8+. The zero-order chi connectivity index (χ0) is 17.6. The molecule has 4 heteroatoms. The maximum atomic E-state index is 12.2. The van der Waals surface area contributed by atoms with Crippen molar-refractivity contribution in [1.29, 1.82) is 0 Å². The van der Waals surface area contributed by atoms with Gasteiger partial charge in [-0.3, -0.25) is 4.79 Å². The summed E-state index contributed by atoms with van der Waals surface area (Å²) in [6.07, 6.45) is 6.08. The van der Waals surface area contributed by atoms with Gasteiger partial charge < -0.3 is 10.4 Å². The van der Waals surface area contributed by atoms with Gasteiger partial charge in [-0.05, 0) is 51.3 Å². The van der Waals surface area contributed by atoms with Crippen LogP contribution >= 0.6 is 0 Å². The van der Waals surface area contributed by atoms with Crippen molar-refractivity contribution in [2.24, 2.45) is 0 Å². The molecular weight excluding hydrogens is 290 g/mol. The summed E-state index contributed by atoms with van der Waals surface area (Å²) in [4.78, 5) is 22.7. The van der Waals surface area contributed by atoms with Crippen molar-refractivity contribution in [3.63, 3.8) is 0 Å². The molecule has 1 amide bonds. The van der Waals surface area contributed by atoms with E-state index >= 15 is 0 Å². The third-order valence-electron chi connectivity index (χ3n) is 3.33. The van der Waals surface area contributed by atoms with Gasteiger partial charge in [-0.15, -0.1) is 0 Å². The van der Waals surface area contributed by atoms with Gasteiger partial charge in [-0.2, -0.15) is 0 Å². The molecule has 0 saturated carbocycles. The number of carboxylic acids is 1. The summed E-state index contributed by atoms with van der Waals surface area (Å²) in [5, 5.41) is 11.6. The van der Waals surface area contributed by atoms with E-state index in [1.807, 2.05) is 32.9 Å². The number of nitrogens with one attached hydrogen (secondary N) is 1. The van der Waals surface area contributed by atoms with Crippen LogP contribution in [0.15, 0.2) is 47.6 Å². The number of amides is 1. The van der Waals surface area contributed by atoms with Crippen LogP contribution < -0.4 is 5.32 Å². The molecule has 0 unspecified atom stereocenters. The fourth-order valence-corrected chi connectivity index (χ4v) is 2.25. The Bertz CT molecular complexity index is 686. The van der Waals surface area contributed by atoms with Crippen LogP contribution in [0.2, 0.25) is 0 Å². The number of benzene rings is 1. The smallest absolute Gasteiger partial charge is 0.328 e. The van der Waals surface area contributed by atoms with Crippen LogP contribution in [0.3, 0.4) is 0 Å². The highest BCUT2D eigenvalue weighted by Crippen LogP contribution is 2.22. The molecule has 0 aromatic heterocycles. The lowest BCUT2D eigenvalue weighted by Crippen LogP contribution is -2.14. The molecule has 0 aliphatic carbocycles. The lowest BCUT2D eigenvalue weighted by Gasteiger charge is -2.12. The number of carbonyl (C=O) groups is 2. The van der Waals surface area contributed by atoms with Gasteiger partial charge >= 0.3 is 5.97 Å². The molecule has 0 radical (unpaired) electrons. The Labute approximate surface area is 137 Å². The van der Waals surface area contributed by atoms with Crippen LogP contribution in [0, 0.1) is 20.8 Å². The lowest BCUT2D eigenvalue weighted by molar-refractivity contribution is -0.131. The summed E-state index contributed by atoms with van der Waals surface area (Å²) >= 11 is 0. The number of anilines is 1. The maximum Gasteiger partial charge on any atom is 0.328 e. The Hall–Kier alpha value is -2.62. The van der Waals surface area contributed by atoms with Crippen LogP contribution in [0.25, 0.3) is 0 Å². The number of carbonyl (C=O) groups excluding carboxylic acids is 1. The largest absolute Gasteiger partial charge is 0.478 e. The molecule has 0 saturated heterocycles. The molecule has 1 aromatic rings. The van der Waals surface area contributed by atoms with Crippen molar-refractivity contribution >= 4 is 17.6 Å². The number of hydrogen-bond donors (Lipinski definition) is 2. The summed E-state index contributed by atoms with van der Waals surface area (Å²) in [5.41, 5.74) is 5.20. The number of allylic oxidation sites excluding steroid dienone is 4. The van der Waals surface area contributed by atoms with Crippen LogP contribution in [-0.2, 0) is 9.59 Å². The Morgan fingerprint density at radius 2 is 1.65 bits per heavy atom. The number of aliphatic carboxylic acids is 1. The van der Waals surface area contributed by atoms with Gasteiger partial charge in [0.05, 0.1) is 0 Å². The maximum absolute atomic E-state index is 12.2. The highest BCUT2D eigenvalue weighted by Gasteiger charge is 2.09.